The zero-order valence-electron chi connectivity index (χ0n) is 15.2. The first-order chi connectivity index (χ1) is 13.3. The van der Waals surface area contributed by atoms with Crippen LogP contribution in [0.1, 0.15) is 11.6 Å². The predicted octanol–water partition coefficient (Wildman–Crippen LogP) is 2.97. The van der Waals surface area contributed by atoms with Gasteiger partial charge >= 0.3 is 0 Å². The van der Waals surface area contributed by atoms with Crippen LogP contribution in [0, 0.1) is 17.5 Å². The summed E-state index contributed by atoms with van der Waals surface area (Å²) in [6.07, 6.45) is 0.536. The van der Waals surface area contributed by atoms with E-state index < -0.39 is 39.6 Å². The highest BCUT2D eigenvalue weighted by atomic mass is 32.2. The molecule has 150 valence electrons. The van der Waals surface area contributed by atoms with Crippen LogP contribution < -0.4 is 5.32 Å². The molecule has 1 aliphatic heterocycles. The Bertz CT molecular complexity index is 1010. The van der Waals surface area contributed by atoms with Crippen LogP contribution in [0.2, 0.25) is 0 Å². The van der Waals surface area contributed by atoms with E-state index in [0.29, 0.717) is 11.6 Å². The smallest absolute Gasteiger partial charge is 0.264 e. The molecule has 0 spiro atoms. The maximum atomic E-state index is 14.5. The van der Waals surface area contributed by atoms with Crippen molar-refractivity contribution in [2.75, 3.05) is 20.7 Å². The molecule has 28 heavy (non-hydrogen) atoms. The molecule has 3 rings (SSSR count). The van der Waals surface area contributed by atoms with Crippen LogP contribution in [-0.4, -0.2) is 39.5 Å². The fourth-order valence-corrected chi connectivity index (χ4v) is 4.85. The highest BCUT2D eigenvalue weighted by molar-refractivity contribution is 7.89. The lowest BCUT2D eigenvalue weighted by atomic mass is 9.98. The molecule has 1 heterocycles. The topological polar surface area (TPSA) is 58.6 Å². The number of benzene rings is 2. The Balaban J connectivity index is 2.16. The maximum Gasteiger partial charge on any atom is 0.264 e. The molecule has 2 unspecified atom stereocenters. The van der Waals surface area contributed by atoms with E-state index in [1.807, 2.05) is 0 Å². The van der Waals surface area contributed by atoms with Crippen molar-refractivity contribution in [1.82, 2.24) is 9.62 Å². The van der Waals surface area contributed by atoms with Gasteiger partial charge in [-0.2, -0.15) is 0 Å². The Hall–Kier alpha value is -2.36. The Kier molecular flexibility index (Phi) is 5.78. The van der Waals surface area contributed by atoms with Crippen LogP contribution >= 0.6 is 0 Å². The van der Waals surface area contributed by atoms with Gasteiger partial charge in [-0.1, -0.05) is 12.1 Å². The van der Waals surface area contributed by atoms with Crippen LogP contribution in [0.3, 0.4) is 0 Å². The molecule has 2 atom stereocenters. The first kappa shape index (κ1) is 20.4. The van der Waals surface area contributed by atoms with E-state index in [2.05, 4.69) is 5.32 Å². The number of sulfonamides is 1. The van der Waals surface area contributed by atoms with Crippen molar-refractivity contribution in [2.24, 2.45) is 0 Å². The number of likely N-dealkylation sites (N-methyl/N-ethyl adjacent to an activating group) is 1. The Labute approximate surface area is 161 Å². The molecule has 0 saturated carbocycles. The van der Waals surface area contributed by atoms with Crippen molar-refractivity contribution >= 4 is 10.0 Å². The molecule has 0 fully saturated rings. The van der Waals surface area contributed by atoms with Crippen molar-refractivity contribution in [3.63, 3.8) is 0 Å². The summed E-state index contributed by atoms with van der Waals surface area (Å²) in [6.45, 7) is 0.285. The molecule has 0 bridgehead atoms. The van der Waals surface area contributed by atoms with Crippen molar-refractivity contribution in [3.05, 3.63) is 77.3 Å². The third-order valence-electron chi connectivity index (χ3n) is 4.51. The summed E-state index contributed by atoms with van der Waals surface area (Å²) in [4.78, 5) is -0.281. The van der Waals surface area contributed by atoms with Crippen LogP contribution in [-0.2, 0) is 14.8 Å². The lowest BCUT2D eigenvalue weighted by Crippen LogP contribution is -2.34. The standard InChI is InChI=1S/C19H19F3N2O3S/c1-23-10-12-11-24(28(25,26)15-5-3-4-13(20)8-15)18(19(12)27-2)16-7-6-14(21)9-17(16)22/h3-9,11,18-19,23H,10H2,1-2H3. The van der Waals surface area contributed by atoms with Gasteiger partial charge in [0.1, 0.15) is 29.6 Å². The molecular weight excluding hydrogens is 393 g/mol. The number of nitrogens with one attached hydrogen (secondary N) is 1. The molecule has 2 aromatic rings. The van der Waals surface area contributed by atoms with E-state index >= 15 is 0 Å². The molecular formula is C19H19F3N2O3S. The van der Waals surface area contributed by atoms with Gasteiger partial charge < -0.3 is 10.1 Å². The van der Waals surface area contributed by atoms with Crippen LogP contribution in [0.15, 0.2) is 59.1 Å². The van der Waals surface area contributed by atoms with Crippen LogP contribution in [0.4, 0.5) is 13.2 Å². The fraction of sp³-hybridized carbons (Fsp3) is 0.263. The summed E-state index contributed by atoms with van der Waals surface area (Å²) < 4.78 is 74.4. The molecule has 0 saturated heterocycles. The molecule has 0 aromatic heterocycles. The molecule has 2 aromatic carbocycles. The first-order valence-corrected chi connectivity index (χ1v) is 9.85. The van der Waals surface area contributed by atoms with Gasteiger partial charge in [0, 0.05) is 31.5 Å². The summed E-state index contributed by atoms with van der Waals surface area (Å²) in [5.41, 5.74) is 0.509. The van der Waals surface area contributed by atoms with Crippen LogP contribution in [0.25, 0.3) is 0 Å². The largest absolute Gasteiger partial charge is 0.374 e. The molecule has 0 aliphatic carbocycles. The zero-order valence-corrected chi connectivity index (χ0v) is 16.0. The second kappa shape index (κ2) is 7.94. The summed E-state index contributed by atoms with van der Waals surface area (Å²) in [5.74, 6) is -2.39. The summed E-state index contributed by atoms with van der Waals surface area (Å²) >= 11 is 0. The van der Waals surface area contributed by atoms with Crippen molar-refractivity contribution in [3.8, 4) is 0 Å². The second-order valence-corrected chi connectivity index (χ2v) is 8.14. The van der Waals surface area contributed by atoms with E-state index in [1.165, 1.54) is 31.5 Å². The molecule has 0 amide bonds. The Morgan fingerprint density at radius 2 is 1.82 bits per heavy atom. The Morgan fingerprint density at radius 3 is 2.43 bits per heavy atom. The third kappa shape index (κ3) is 3.65. The molecule has 0 radical (unpaired) electrons. The molecule has 1 N–H and O–H groups in total. The van der Waals surface area contributed by atoms with Gasteiger partial charge in [0.25, 0.3) is 10.0 Å². The number of hydrogen-bond donors (Lipinski definition) is 1. The van der Waals surface area contributed by atoms with E-state index in [0.717, 1.165) is 22.5 Å². The zero-order chi connectivity index (χ0) is 20.5. The predicted molar refractivity (Wildman–Crippen MR) is 97.3 cm³/mol. The van der Waals surface area contributed by atoms with Gasteiger partial charge in [0.15, 0.2) is 0 Å². The minimum Gasteiger partial charge on any atom is -0.374 e. The third-order valence-corrected chi connectivity index (χ3v) is 6.24. The lowest BCUT2D eigenvalue weighted by molar-refractivity contribution is 0.0919. The van der Waals surface area contributed by atoms with Gasteiger partial charge in [-0.05, 0) is 36.9 Å². The first-order valence-electron chi connectivity index (χ1n) is 8.41. The van der Waals surface area contributed by atoms with Crippen LogP contribution in [0.5, 0.6) is 0 Å². The van der Waals surface area contributed by atoms with Gasteiger partial charge in [0.05, 0.1) is 4.90 Å². The van der Waals surface area contributed by atoms with E-state index in [1.54, 1.807) is 7.05 Å². The van der Waals surface area contributed by atoms with Gasteiger partial charge in [-0.15, -0.1) is 0 Å². The number of rotatable bonds is 6. The minimum atomic E-state index is -4.23. The van der Waals surface area contributed by atoms with Crippen molar-refractivity contribution in [2.45, 2.75) is 17.0 Å². The van der Waals surface area contributed by atoms with Gasteiger partial charge in [-0.25, -0.2) is 21.6 Å². The summed E-state index contributed by atoms with van der Waals surface area (Å²) in [6, 6.07) is 6.35. The number of halogens is 3. The highest BCUT2D eigenvalue weighted by Crippen LogP contribution is 2.41. The number of ether oxygens (including phenoxy) is 1. The quantitative estimate of drug-likeness (QED) is 0.793. The average Bonchev–Trinajstić information content (AvgIpc) is 3.01. The molecule has 9 heteroatoms. The van der Waals surface area contributed by atoms with E-state index in [4.69, 9.17) is 4.74 Å². The lowest BCUT2D eigenvalue weighted by Gasteiger charge is -2.29. The normalized spacial score (nSPS) is 19.8. The average molecular weight is 412 g/mol. The van der Waals surface area contributed by atoms with Gasteiger partial charge in [-0.3, -0.25) is 4.31 Å². The molecule has 5 nitrogen and oxygen atoms in total. The van der Waals surface area contributed by atoms with Crippen molar-refractivity contribution < 1.29 is 26.3 Å². The number of methoxy groups -OCH3 is 1. The monoisotopic (exact) mass is 412 g/mol. The Morgan fingerprint density at radius 1 is 1.11 bits per heavy atom. The highest BCUT2D eigenvalue weighted by Gasteiger charge is 2.43. The summed E-state index contributed by atoms with van der Waals surface area (Å²) in [5, 5.41) is 2.91. The number of hydrogen-bond acceptors (Lipinski definition) is 4. The van der Waals surface area contributed by atoms with E-state index in [-0.39, 0.29) is 17.0 Å². The van der Waals surface area contributed by atoms with Crippen molar-refractivity contribution in [1.29, 1.82) is 0 Å². The minimum absolute atomic E-state index is 0.0458. The maximum absolute atomic E-state index is 14.5. The van der Waals surface area contributed by atoms with Gasteiger partial charge in [0.2, 0.25) is 0 Å². The van der Waals surface area contributed by atoms with E-state index in [9.17, 15) is 21.6 Å². The SMILES string of the molecule is CNCC1=CN(S(=O)(=O)c2cccc(F)c2)C(c2ccc(F)cc2F)C1OC. The summed E-state index contributed by atoms with van der Waals surface area (Å²) in [7, 11) is -1.18. The second-order valence-electron chi connectivity index (χ2n) is 6.29. The molecule has 1 aliphatic rings. The number of nitrogens with zero attached hydrogens (tertiary/aromatic N) is 1. The fourth-order valence-electron chi connectivity index (χ4n) is 3.29.